The van der Waals surface area contributed by atoms with Crippen LogP contribution in [-0.2, 0) is 4.74 Å². The summed E-state index contributed by atoms with van der Waals surface area (Å²) in [5, 5.41) is 11.3. The Balaban J connectivity index is 2.56. The van der Waals surface area contributed by atoms with Crippen LogP contribution in [-0.4, -0.2) is 37.3 Å². The average molecular weight is 292 g/mol. The van der Waals surface area contributed by atoms with Gasteiger partial charge in [0.2, 0.25) is 5.82 Å². The molecule has 0 spiro atoms. The lowest BCUT2D eigenvalue weighted by Gasteiger charge is -2.08. The number of rotatable bonds is 7. The van der Waals surface area contributed by atoms with Crippen LogP contribution in [0.1, 0.15) is 16.8 Å². The van der Waals surface area contributed by atoms with Gasteiger partial charge in [-0.25, -0.2) is 8.78 Å². The molecule has 0 radical (unpaired) electrons. The van der Waals surface area contributed by atoms with Crippen LogP contribution < -0.4 is 11.1 Å². The SMILES string of the molecule is NCCOCCCNC(=O)c1cc(F)c(F)c(O)c1F. The van der Waals surface area contributed by atoms with Gasteiger partial charge in [0.15, 0.2) is 17.4 Å². The van der Waals surface area contributed by atoms with E-state index in [2.05, 4.69) is 5.32 Å². The lowest BCUT2D eigenvalue weighted by atomic mass is 10.1. The predicted octanol–water partition coefficient (Wildman–Crippen LogP) is 0.905. The van der Waals surface area contributed by atoms with Gasteiger partial charge in [0.25, 0.3) is 5.91 Å². The largest absolute Gasteiger partial charge is 0.503 e. The van der Waals surface area contributed by atoms with E-state index in [1.54, 1.807) is 0 Å². The standard InChI is InChI=1S/C12H15F3N2O3/c13-8-6-7(9(14)11(18)10(8)15)12(19)17-3-1-4-20-5-2-16/h6,18H,1-5,16H2,(H,17,19). The average Bonchev–Trinajstić information content (AvgIpc) is 2.44. The highest BCUT2D eigenvalue weighted by atomic mass is 19.2. The fourth-order valence-corrected chi connectivity index (χ4v) is 1.41. The number of amides is 1. The molecule has 0 unspecified atom stereocenters. The molecule has 0 aromatic heterocycles. The van der Waals surface area contributed by atoms with E-state index in [1.165, 1.54) is 0 Å². The topological polar surface area (TPSA) is 84.6 Å². The number of carbonyl (C=O) groups is 1. The van der Waals surface area contributed by atoms with Crippen molar-refractivity contribution in [2.75, 3.05) is 26.3 Å². The first-order chi connectivity index (χ1) is 9.49. The molecule has 0 saturated carbocycles. The number of hydrogen-bond donors (Lipinski definition) is 3. The molecule has 0 aliphatic heterocycles. The maximum Gasteiger partial charge on any atom is 0.254 e. The molecule has 0 aliphatic rings. The summed E-state index contributed by atoms with van der Waals surface area (Å²) in [6, 6.07) is 0.393. The highest BCUT2D eigenvalue weighted by Gasteiger charge is 2.22. The van der Waals surface area contributed by atoms with Crippen LogP contribution in [0.2, 0.25) is 0 Å². The Labute approximate surface area is 113 Å². The normalized spacial score (nSPS) is 10.6. The minimum absolute atomic E-state index is 0.155. The van der Waals surface area contributed by atoms with Gasteiger partial charge in [0.1, 0.15) is 0 Å². The lowest BCUT2D eigenvalue weighted by Crippen LogP contribution is -2.26. The fraction of sp³-hybridized carbons (Fsp3) is 0.417. The molecule has 8 heteroatoms. The molecular formula is C12H15F3N2O3. The van der Waals surface area contributed by atoms with E-state index < -0.39 is 34.7 Å². The van der Waals surface area contributed by atoms with E-state index in [0.717, 1.165) is 0 Å². The Kier molecular flexibility index (Phi) is 6.26. The van der Waals surface area contributed by atoms with Crippen molar-refractivity contribution in [3.05, 3.63) is 29.1 Å². The molecule has 1 rings (SSSR count). The number of nitrogens with two attached hydrogens (primary N) is 1. The summed E-state index contributed by atoms with van der Waals surface area (Å²) >= 11 is 0. The monoisotopic (exact) mass is 292 g/mol. The summed E-state index contributed by atoms with van der Waals surface area (Å²) in [5.74, 6) is -7.19. The van der Waals surface area contributed by atoms with Crippen molar-refractivity contribution < 1.29 is 27.8 Å². The molecule has 1 aromatic rings. The Hall–Kier alpha value is -1.80. The summed E-state index contributed by atoms with van der Waals surface area (Å²) in [4.78, 5) is 11.6. The van der Waals surface area contributed by atoms with Crippen LogP contribution in [0.5, 0.6) is 5.75 Å². The summed E-state index contributed by atoms with van der Waals surface area (Å²) in [6.07, 6.45) is 0.447. The lowest BCUT2D eigenvalue weighted by molar-refractivity contribution is 0.0937. The van der Waals surface area contributed by atoms with Gasteiger partial charge in [0, 0.05) is 19.7 Å². The fourth-order valence-electron chi connectivity index (χ4n) is 1.41. The molecule has 0 atom stereocenters. The molecule has 5 nitrogen and oxygen atoms in total. The third-order valence-corrected chi connectivity index (χ3v) is 2.39. The van der Waals surface area contributed by atoms with Gasteiger partial charge in [-0.2, -0.15) is 4.39 Å². The minimum Gasteiger partial charge on any atom is -0.503 e. The first-order valence-corrected chi connectivity index (χ1v) is 5.91. The van der Waals surface area contributed by atoms with Gasteiger partial charge in [-0.3, -0.25) is 4.79 Å². The number of aromatic hydroxyl groups is 1. The van der Waals surface area contributed by atoms with Crippen LogP contribution in [0.3, 0.4) is 0 Å². The van der Waals surface area contributed by atoms with Gasteiger partial charge in [-0.1, -0.05) is 0 Å². The zero-order valence-electron chi connectivity index (χ0n) is 10.6. The van der Waals surface area contributed by atoms with E-state index in [0.29, 0.717) is 32.2 Å². The zero-order chi connectivity index (χ0) is 15.1. The first kappa shape index (κ1) is 16.3. The summed E-state index contributed by atoms with van der Waals surface area (Å²) in [6.45, 7) is 1.27. The maximum absolute atomic E-state index is 13.4. The van der Waals surface area contributed by atoms with Gasteiger partial charge in [-0.05, 0) is 12.5 Å². The molecule has 0 bridgehead atoms. The van der Waals surface area contributed by atoms with E-state index in [4.69, 9.17) is 15.6 Å². The van der Waals surface area contributed by atoms with E-state index in [9.17, 15) is 18.0 Å². The summed E-state index contributed by atoms with van der Waals surface area (Å²) in [7, 11) is 0. The predicted molar refractivity (Wildman–Crippen MR) is 64.8 cm³/mol. The highest BCUT2D eigenvalue weighted by molar-refractivity contribution is 5.94. The van der Waals surface area contributed by atoms with Gasteiger partial charge in [-0.15, -0.1) is 0 Å². The van der Waals surface area contributed by atoms with Gasteiger partial charge in [0.05, 0.1) is 12.2 Å². The van der Waals surface area contributed by atoms with Crippen molar-refractivity contribution in [2.24, 2.45) is 5.73 Å². The second-order valence-corrected chi connectivity index (χ2v) is 3.89. The maximum atomic E-state index is 13.4. The number of phenolic OH excluding ortho intramolecular Hbond substituents is 1. The van der Waals surface area contributed by atoms with E-state index >= 15 is 0 Å². The number of hydrogen-bond acceptors (Lipinski definition) is 4. The summed E-state index contributed by atoms with van der Waals surface area (Å²) < 4.78 is 44.3. The number of nitrogens with one attached hydrogen (secondary N) is 1. The Morgan fingerprint density at radius 3 is 2.65 bits per heavy atom. The third-order valence-electron chi connectivity index (χ3n) is 2.39. The van der Waals surface area contributed by atoms with Gasteiger partial charge < -0.3 is 20.9 Å². The number of benzene rings is 1. The Bertz CT molecular complexity index is 484. The van der Waals surface area contributed by atoms with Crippen molar-refractivity contribution in [1.29, 1.82) is 0 Å². The number of carbonyl (C=O) groups excluding carboxylic acids is 1. The number of phenols is 1. The van der Waals surface area contributed by atoms with Crippen molar-refractivity contribution in [3.63, 3.8) is 0 Å². The van der Waals surface area contributed by atoms with Crippen molar-refractivity contribution in [3.8, 4) is 5.75 Å². The van der Waals surface area contributed by atoms with Gasteiger partial charge >= 0.3 is 0 Å². The Morgan fingerprint density at radius 1 is 1.30 bits per heavy atom. The molecule has 20 heavy (non-hydrogen) atoms. The molecule has 1 amide bonds. The quantitative estimate of drug-likeness (QED) is 0.515. The van der Waals surface area contributed by atoms with Crippen LogP contribution in [0.25, 0.3) is 0 Å². The van der Waals surface area contributed by atoms with E-state index in [-0.39, 0.29) is 6.54 Å². The summed E-state index contributed by atoms with van der Waals surface area (Å²) in [5.41, 5.74) is 4.44. The zero-order valence-corrected chi connectivity index (χ0v) is 10.6. The molecule has 0 fully saturated rings. The van der Waals surface area contributed by atoms with E-state index in [1.807, 2.05) is 0 Å². The molecule has 1 aromatic carbocycles. The number of ether oxygens (including phenoxy) is 1. The van der Waals surface area contributed by atoms with Crippen LogP contribution in [0.4, 0.5) is 13.2 Å². The highest BCUT2D eigenvalue weighted by Crippen LogP contribution is 2.25. The minimum atomic E-state index is -1.73. The van der Waals surface area contributed by atoms with Crippen LogP contribution in [0.15, 0.2) is 6.07 Å². The molecular weight excluding hydrogens is 277 g/mol. The molecule has 0 heterocycles. The van der Waals surface area contributed by atoms with Crippen molar-refractivity contribution in [2.45, 2.75) is 6.42 Å². The van der Waals surface area contributed by atoms with Crippen molar-refractivity contribution >= 4 is 5.91 Å². The third kappa shape index (κ3) is 4.10. The second-order valence-electron chi connectivity index (χ2n) is 3.89. The van der Waals surface area contributed by atoms with Crippen LogP contribution >= 0.6 is 0 Å². The molecule has 0 saturated heterocycles. The van der Waals surface area contributed by atoms with Crippen LogP contribution in [0, 0.1) is 17.5 Å². The van der Waals surface area contributed by atoms with Crippen molar-refractivity contribution in [1.82, 2.24) is 5.32 Å². The Morgan fingerprint density at radius 2 is 2.00 bits per heavy atom. The second kappa shape index (κ2) is 7.71. The first-order valence-electron chi connectivity index (χ1n) is 5.91. The smallest absolute Gasteiger partial charge is 0.254 e. The number of halogens is 3. The molecule has 4 N–H and O–H groups in total. The molecule has 0 aliphatic carbocycles. The molecule has 112 valence electrons.